The van der Waals surface area contributed by atoms with Gasteiger partial charge in [-0.15, -0.1) is 0 Å². The quantitative estimate of drug-likeness (QED) is 0.290. The van der Waals surface area contributed by atoms with E-state index in [0.29, 0.717) is 30.4 Å². The van der Waals surface area contributed by atoms with E-state index in [1.54, 1.807) is 12.1 Å². The van der Waals surface area contributed by atoms with Crippen molar-refractivity contribution in [2.24, 2.45) is 4.99 Å². The molecule has 3 rings (SSSR count). The summed E-state index contributed by atoms with van der Waals surface area (Å²) in [5.74, 6) is 1.24. The van der Waals surface area contributed by atoms with E-state index in [-0.39, 0.29) is 12.3 Å². The lowest BCUT2D eigenvalue weighted by Crippen LogP contribution is -2.38. The number of rotatable bonds is 10. The molecule has 0 bridgehead atoms. The van der Waals surface area contributed by atoms with Crippen molar-refractivity contribution in [2.45, 2.75) is 33.0 Å². The number of benzene rings is 2. The molecule has 0 radical (unpaired) electrons. The molecule has 2 N–H and O–H groups in total. The van der Waals surface area contributed by atoms with Crippen molar-refractivity contribution in [3.63, 3.8) is 0 Å². The molecule has 0 saturated carbocycles. The third kappa shape index (κ3) is 6.31. The SMILES string of the molecule is CCNC(=NCc1cc(OC)ccc1OC(F)F)NCCCn1cnc2ccccc21. The van der Waals surface area contributed by atoms with Crippen molar-refractivity contribution in [3.8, 4) is 11.5 Å². The Morgan fingerprint density at radius 2 is 2.03 bits per heavy atom. The Morgan fingerprint density at radius 1 is 1.19 bits per heavy atom. The standard InChI is InChI=1S/C22H27F2N5O2/c1-3-25-22(26-11-6-12-29-15-28-18-7-4-5-8-19(18)29)27-14-16-13-17(30-2)9-10-20(16)31-21(23)24/h4-5,7-10,13,15,21H,3,6,11-12,14H2,1-2H3,(H2,25,26,27). The van der Waals surface area contributed by atoms with Crippen LogP contribution in [0.5, 0.6) is 11.5 Å². The number of imidazole rings is 1. The number of methoxy groups -OCH3 is 1. The number of alkyl halides is 2. The van der Waals surface area contributed by atoms with Crippen LogP contribution in [0.25, 0.3) is 11.0 Å². The zero-order valence-electron chi connectivity index (χ0n) is 17.6. The number of aliphatic imine (C=N–C) groups is 1. The van der Waals surface area contributed by atoms with Gasteiger partial charge < -0.3 is 24.7 Å². The van der Waals surface area contributed by atoms with Gasteiger partial charge in [-0.25, -0.2) is 9.98 Å². The van der Waals surface area contributed by atoms with Crippen LogP contribution in [-0.4, -0.2) is 42.3 Å². The number of hydrogen-bond donors (Lipinski definition) is 2. The van der Waals surface area contributed by atoms with Gasteiger partial charge in [0, 0.05) is 25.2 Å². The molecular weight excluding hydrogens is 404 g/mol. The van der Waals surface area contributed by atoms with Crippen LogP contribution in [0.2, 0.25) is 0 Å². The number of guanidine groups is 1. The summed E-state index contributed by atoms with van der Waals surface area (Å²) in [6, 6.07) is 12.7. The summed E-state index contributed by atoms with van der Waals surface area (Å²) in [5, 5.41) is 6.44. The second-order valence-electron chi connectivity index (χ2n) is 6.75. The fraction of sp³-hybridized carbons (Fsp3) is 0.364. The van der Waals surface area contributed by atoms with Crippen LogP contribution in [0.1, 0.15) is 18.9 Å². The highest BCUT2D eigenvalue weighted by molar-refractivity contribution is 5.79. The fourth-order valence-electron chi connectivity index (χ4n) is 3.17. The highest BCUT2D eigenvalue weighted by Crippen LogP contribution is 2.26. The zero-order valence-corrected chi connectivity index (χ0v) is 17.6. The van der Waals surface area contributed by atoms with Crippen LogP contribution in [0.15, 0.2) is 53.8 Å². The van der Waals surface area contributed by atoms with Crippen LogP contribution < -0.4 is 20.1 Å². The Kier molecular flexibility index (Phi) is 8.03. The van der Waals surface area contributed by atoms with Gasteiger partial charge in [-0.1, -0.05) is 12.1 Å². The molecule has 166 valence electrons. The second-order valence-corrected chi connectivity index (χ2v) is 6.75. The van der Waals surface area contributed by atoms with Gasteiger partial charge >= 0.3 is 6.61 Å². The first kappa shape index (κ1) is 22.3. The largest absolute Gasteiger partial charge is 0.497 e. The van der Waals surface area contributed by atoms with E-state index in [1.807, 2.05) is 31.5 Å². The van der Waals surface area contributed by atoms with Crippen molar-refractivity contribution >= 4 is 17.0 Å². The minimum Gasteiger partial charge on any atom is -0.497 e. The molecule has 0 amide bonds. The van der Waals surface area contributed by atoms with Crippen molar-refractivity contribution in [2.75, 3.05) is 20.2 Å². The molecule has 1 heterocycles. The van der Waals surface area contributed by atoms with E-state index in [9.17, 15) is 8.78 Å². The predicted molar refractivity (Wildman–Crippen MR) is 117 cm³/mol. The van der Waals surface area contributed by atoms with Crippen molar-refractivity contribution in [3.05, 3.63) is 54.4 Å². The number of halogens is 2. The Morgan fingerprint density at radius 3 is 2.81 bits per heavy atom. The molecule has 0 fully saturated rings. The van der Waals surface area contributed by atoms with Crippen LogP contribution in [0, 0.1) is 0 Å². The maximum Gasteiger partial charge on any atom is 0.387 e. The first-order valence-corrected chi connectivity index (χ1v) is 10.1. The van der Waals surface area contributed by atoms with Crippen molar-refractivity contribution < 1.29 is 18.3 Å². The molecule has 0 atom stereocenters. The van der Waals surface area contributed by atoms with Crippen LogP contribution in [0.3, 0.4) is 0 Å². The van der Waals surface area contributed by atoms with Crippen LogP contribution in [0.4, 0.5) is 8.78 Å². The van der Waals surface area contributed by atoms with Gasteiger partial charge in [0.2, 0.25) is 0 Å². The lowest BCUT2D eigenvalue weighted by atomic mass is 10.2. The van der Waals surface area contributed by atoms with E-state index in [1.165, 1.54) is 13.2 Å². The summed E-state index contributed by atoms with van der Waals surface area (Å²) >= 11 is 0. The summed E-state index contributed by atoms with van der Waals surface area (Å²) in [6.07, 6.45) is 2.71. The smallest absolute Gasteiger partial charge is 0.387 e. The number of aryl methyl sites for hydroxylation is 1. The summed E-state index contributed by atoms with van der Waals surface area (Å²) in [6.45, 7) is 1.41. The Bertz CT molecular complexity index is 1010. The Hall–Kier alpha value is -3.36. The number of aromatic nitrogens is 2. The molecule has 9 heteroatoms. The maximum absolute atomic E-state index is 12.7. The minimum absolute atomic E-state index is 0.0855. The van der Waals surface area contributed by atoms with Gasteiger partial charge in [0.1, 0.15) is 11.5 Å². The third-order valence-electron chi connectivity index (χ3n) is 4.63. The number of nitrogens with one attached hydrogen (secondary N) is 2. The highest BCUT2D eigenvalue weighted by atomic mass is 19.3. The topological polar surface area (TPSA) is 72.7 Å². The van der Waals surface area contributed by atoms with Crippen molar-refractivity contribution in [1.82, 2.24) is 20.2 Å². The highest BCUT2D eigenvalue weighted by Gasteiger charge is 2.11. The number of nitrogens with zero attached hydrogens (tertiary/aromatic N) is 3. The zero-order chi connectivity index (χ0) is 22.1. The van der Waals surface area contributed by atoms with E-state index >= 15 is 0 Å². The summed E-state index contributed by atoms with van der Waals surface area (Å²) in [4.78, 5) is 8.91. The first-order valence-electron chi connectivity index (χ1n) is 10.1. The number of hydrogen-bond acceptors (Lipinski definition) is 4. The molecule has 2 aromatic carbocycles. The first-order chi connectivity index (χ1) is 15.1. The molecule has 31 heavy (non-hydrogen) atoms. The van der Waals surface area contributed by atoms with Gasteiger partial charge in [-0.3, -0.25) is 0 Å². The summed E-state index contributed by atoms with van der Waals surface area (Å²) in [7, 11) is 1.52. The third-order valence-corrected chi connectivity index (χ3v) is 4.63. The van der Waals surface area contributed by atoms with E-state index in [4.69, 9.17) is 4.74 Å². The molecule has 0 aliphatic carbocycles. The molecular formula is C22H27F2N5O2. The monoisotopic (exact) mass is 431 g/mol. The average molecular weight is 431 g/mol. The average Bonchev–Trinajstić information content (AvgIpc) is 3.18. The number of para-hydroxylation sites is 2. The molecule has 3 aromatic rings. The summed E-state index contributed by atoms with van der Waals surface area (Å²) < 4.78 is 37.3. The van der Waals surface area contributed by atoms with E-state index < -0.39 is 6.61 Å². The number of ether oxygens (including phenoxy) is 2. The van der Waals surface area contributed by atoms with Gasteiger partial charge in [-0.2, -0.15) is 8.78 Å². The summed E-state index contributed by atoms with van der Waals surface area (Å²) in [5.41, 5.74) is 2.60. The van der Waals surface area contributed by atoms with Gasteiger partial charge in [0.05, 0.1) is 31.0 Å². The molecule has 0 spiro atoms. The van der Waals surface area contributed by atoms with Crippen LogP contribution >= 0.6 is 0 Å². The van der Waals surface area contributed by atoms with Gasteiger partial charge in [0.15, 0.2) is 5.96 Å². The molecule has 0 aliphatic heterocycles. The fourth-order valence-corrected chi connectivity index (χ4v) is 3.17. The van der Waals surface area contributed by atoms with Gasteiger partial charge in [0.25, 0.3) is 0 Å². The predicted octanol–water partition coefficient (Wildman–Crippen LogP) is 3.79. The van der Waals surface area contributed by atoms with Gasteiger partial charge in [-0.05, 0) is 43.7 Å². The lowest BCUT2D eigenvalue weighted by Gasteiger charge is -2.14. The maximum atomic E-state index is 12.7. The molecule has 0 aliphatic rings. The van der Waals surface area contributed by atoms with Crippen LogP contribution in [-0.2, 0) is 13.1 Å². The minimum atomic E-state index is -2.90. The second kappa shape index (κ2) is 11.1. The molecule has 0 unspecified atom stereocenters. The molecule has 1 aromatic heterocycles. The molecule has 7 nitrogen and oxygen atoms in total. The molecule has 0 saturated heterocycles. The lowest BCUT2D eigenvalue weighted by molar-refractivity contribution is -0.0504. The Balaban J connectivity index is 1.60. The Labute approximate surface area is 180 Å². The normalized spacial score (nSPS) is 11.7. The van der Waals surface area contributed by atoms with E-state index in [0.717, 1.165) is 24.0 Å². The van der Waals surface area contributed by atoms with Crippen molar-refractivity contribution in [1.29, 1.82) is 0 Å². The number of fused-ring (bicyclic) bond motifs is 1. The van der Waals surface area contributed by atoms with E-state index in [2.05, 4.69) is 36.0 Å².